The molecule has 0 aliphatic heterocycles. The van der Waals surface area contributed by atoms with Gasteiger partial charge in [-0.05, 0) is 26.0 Å². The molecule has 0 saturated heterocycles. The number of hydrogen-bond acceptors (Lipinski definition) is 7. The Balaban J connectivity index is 2.43. The Morgan fingerprint density at radius 3 is 2.15 bits per heavy atom. The molecule has 0 unspecified atom stereocenters. The molecule has 144 valence electrons. The maximum absolute atomic E-state index is 12.6. The number of rotatable bonds is 7. The lowest BCUT2D eigenvalue weighted by atomic mass is 10.1. The van der Waals surface area contributed by atoms with Gasteiger partial charge in [0.2, 0.25) is 5.88 Å². The zero-order valence-corrected chi connectivity index (χ0v) is 15.4. The van der Waals surface area contributed by atoms with Crippen molar-refractivity contribution in [3.63, 3.8) is 0 Å². The number of nitrogens with two attached hydrogens (primary N) is 1. The predicted octanol–water partition coefficient (Wildman–Crippen LogP) is 2.13. The van der Waals surface area contributed by atoms with Crippen LogP contribution in [0.25, 0.3) is 0 Å². The number of anilines is 1. The number of esters is 1. The molecule has 0 bridgehead atoms. The summed E-state index contributed by atoms with van der Waals surface area (Å²) in [5.74, 6) is -1.66. The molecule has 9 heteroatoms. The van der Waals surface area contributed by atoms with Crippen LogP contribution in [0.4, 0.5) is 5.88 Å². The van der Waals surface area contributed by atoms with Crippen molar-refractivity contribution in [2.24, 2.45) is 5.73 Å². The average molecular weight is 376 g/mol. The number of carbonyl (C=O) groups is 3. The molecule has 0 radical (unpaired) electrons. The van der Waals surface area contributed by atoms with Gasteiger partial charge in [-0.15, -0.1) is 0 Å². The van der Waals surface area contributed by atoms with Gasteiger partial charge >= 0.3 is 5.97 Å². The normalized spacial score (nSPS) is 10.2. The zero-order chi connectivity index (χ0) is 20.1. The van der Waals surface area contributed by atoms with Gasteiger partial charge in [-0.25, -0.2) is 4.79 Å². The number of methoxy groups -OCH3 is 2. The third-order valence-corrected chi connectivity index (χ3v) is 3.65. The Bertz CT molecular complexity index is 864. The fraction of sp³-hybridized carbons (Fsp3) is 0.278. The summed E-state index contributed by atoms with van der Waals surface area (Å²) in [5.41, 5.74) is 5.18. The second-order valence-electron chi connectivity index (χ2n) is 5.38. The lowest BCUT2D eigenvalue weighted by Gasteiger charge is -2.09. The predicted molar refractivity (Wildman–Crippen MR) is 95.4 cm³/mol. The fourth-order valence-electron chi connectivity index (χ4n) is 2.43. The lowest BCUT2D eigenvalue weighted by molar-refractivity contribution is 0.0521. The highest BCUT2D eigenvalue weighted by Gasteiger charge is 2.29. The van der Waals surface area contributed by atoms with Crippen molar-refractivity contribution < 1.29 is 33.0 Å². The van der Waals surface area contributed by atoms with Crippen molar-refractivity contribution >= 4 is 23.7 Å². The maximum atomic E-state index is 12.6. The van der Waals surface area contributed by atoms with Crippen molar-refractivity contribution in [3.05, 3.63) is 40.6 Å². The number of carbonyl (C=O) groups excluding carboxylic acids is 3. The third-order valence-electron chi connectivity index (χ3n) is 3.65. The van der Waals surface area contributed by atoms with E-state index in [0.717, 1.165) is 0 Å². The molecule has 0 fully saturated rings. The van der Waals surface area contributed by atoms with Crippen molar-refractivity contribution in [3.8, 4) is 11.5 Å². The van der Waals surface area contributed by atoms with E-state index in [1.54, 1.807) is 13.0 Å². The van der Waals surface area contributed by atoms with Crippen LogP contribution in [-0.4, -0.2) is 38.6 Å². The van der Waals surface area contributed by atoms with Crippen molar-refractivity contribution in [2.75, 3.05) is 26.1 Å². The van der Waals surface area contributed by atoms with Crippen LogP contribution in [0.5, 0.6) is 11.5 Å². The summed E-state index contributed by atoms with van der Waals surface area (Å²) < 4.78 is 20.5. The van der Waals surface area contributed by atoms with Crippen LogP contribution >= 0.6 is 0 Å². The van der Waals surface area contributed by atoms with Gasteiger partial charge in [0.05, 0.1) is 20.8 Å². The van der Waals surface area contributed by atoms with Gasteiger partial charge in [0, 0.05) is 11.6 Å². The van der Waals surface area contributed by atoms with Gasteiger partial charge in [0.15, 0.2) is 0 Å². The van der Waals surface area contributed by atoms with Gasteiger partial charge in [-0.2, -0.15) is 0 Å². The van der Waals surface area contributed by atoms with Gasteiger partial charge < -0.3 is 24.4 Å². The summed E-state index contributed by atoms with van der Waals surface area (Å²) in [6.45, 7) is 3.19. The van der Waals surface area contributed by atoms with Crippen molar-refractivity contribution in [1.82, 2.24) is 0 Å². The van der Waals surface area contributed by atoms with Crippen LogP contribution < -0.4 is 20.5 Å². The molecule has 2 rings (SSSR count). The van der Waals surface area contributed by atoms with Gasteiger partial charge in [0.25, 0.3) is 11.8 Å². The van der Waals surface area contributed by atoms with Crippen LogP contribution in [0.15, 0.2) is 22.6 Å². The van der Waals surface area contributed by atoms with Crippen molar-refractivity contribution in [2.45, 2.75) is 13.8 Å². The minimum atomic E-state index is -0.937. The SMILES string of the molecule is CCOC(=O)c1c(C)oc(NC(=O)c2cc(OC)cc(OC)c2)c1C(N)=O. The summed E-state index contributed by atoms with van der Waals surface area (Å²) >= 11 is 0. The topological polar surface area (TPSA) is 130 Å². The first-order chi connectivity index (χ1) is 12.8. The summed E-state index contributed by atoms with van der Waals surface area (Å²) in [6.07, 6.45) is 0. The number of nitrogens with one attached hydrogen (secondary N) is 1. The largest absolute Gasteiger partial charge is 0.497 e. The molecular weight excluding hydrogens is 356 g/mol. The third kappa shape index (κ3) is 4.20. The van der Waals surface area contributed by atoms with Crippen LogP contribution in [0.3, 0.4) is 0 Å². The number of hydrogen-bond donors (Lipinski definition) is 2. The highest BCUT2D eigenvalue weighted by molar-refractivity contribution is 6.12. The summed E-state index contributed by atoms with van der Waals surface area (Å²) in [5, 5.41) is 2.44. The van der Waals surface area contributed by atoms with E-state index in [9.17, 15) is 14.4 Å². The number of amides is 2. The van der Waals surface area contributed by atoms with Crippen LogP contribution in [0.2, 0.25) is 0 Å². The molecule has 0 spiro atoms. The fourth-order valence-corrected chi connectivity index (χ4v) is 2.43. The molecule has 1 aromatic carbocycles. The molecule has 1 aromatic heterocycles. The molecule has 9 nitrogen and oxygen atoms in total. The van der Waals surface area contributed by atoms with Crippen LogP contribution in [-0.2, 0) is 4.74 Å². The van der Waals surface area contributed by atoms with Crippen LogP contribution in [0.1, 0.15) is 43.8 Å². The molecule has 0 atom stereocenters. The minimum absolute atomic E-state index is 0.0979. The number of furan rings is 1. The molecular formula is C18H20N2O7. The molecule has 0 saturated carbocycles. The van der Waals surface area contributed by atoms with Gasteiger partial charge in [-0.3, -0.25) is 14.9 Å². The summed E-state index contributed by atoms with van der Waals surface area (Å²) in [6, 6.07) is 4.55. The number of aryl methyl sites for hydroxylation is 1. The molecule has 3 N–H and O–H groups in total. The Kier molecular flexibility index (Phi) is 6.07. The van der Waals surface area contributed by atoms with E-state index in [1.807, 2.05) is 0 Å². The van der Waals surface area contributed by atoms with E-state index in [0.29, 0.717) is 11.5 Å². The number of primary amides is 1. The number of benzene rings is 1. The van der Waals surface area contributed by atoms with Crippen molar-refractivity contribution in [1.29, 1.82) is 0 Å². The second kappa shape index (κ2) is 8.26. The Morgan fingerprint density at radius 1 is 1.07 bits per heavy atom. The first-order valence-electron chi connectivity index (χ1n) is 7.97. The van der Waals surface area contributed by atoms with E-state index in [-0.39, 0.29) is 34.9 Å². The second-order valence-corrected chi connectivity index (χ2v) is 5.38. The zero-order valence-electron chi connectivity index (χ0n) is 15.4. The Morgan fingerprint density at radius 2 is 1.67 bits per heavy atom. The Labute approximate surface area is 155 Å². The average Bonchev–Trinajstić information content (AvgIpc) is 2.97. The minimum Gasteiger partial charge on any atom is -0.497 e. The first kappa shape index (κ1) is 19.8. The molecule has 2 amide bonds. The summed E-state index contributed by atoms with van der Waals surface area (Å²) in [4.78, 5) is 36.5. The number of ether oxygens (including phenoxy) is 3. The highest BCUT2D eigenvalue weighted by atomic mass is 16.5. The molecule has 27 heavy (non-hydrogen) atoms. The standard InChI is InChI=1S/C18H20N2O7/c1-5-26-18(23)13-9(2)27-17(14(13)15(19)21)20-16(22)10-6-11(24-3)8-12(7-10)25-4/h6-8H,5H2,1-4H3,(H2,19,21)(H,20,22). The van der Waals surface area contributed by atoms with E-state index < -0.39 is 17.8 Å². The smallest absolute Gasteiger partial charge is 0.342 e. The summed E-state index contributed by atoms with van der Waals surface area (Å²) in [7, 11) is 2.90. The van der Waals surface area contributed by atoms with Gasteiger partial charge in [-0.1, -0.05) is 0 Å². The Hall–Kier alpha value is -3.49. The lowest BCUT2D eigenvalue weighted by Crippen LogP contribution is -2.20. The molecule has 0 aliphatic carbocycles. The van der Waals surface area contributed by atoms with E-state index in [4.69, 9.17) is 24.4 Å². The quantitative estimate of drug-likeness (QED) is 0.708. The highest BCUT2D eigenvalue weighted by Crippen LogP contribution is 2.29. The monoisotopic (exact) mass is 376 g/mol. The first-order valence-corrected chi connectivity index (χ1v) is 7.97. The van der Waals surface area contributed by atoms with Gasteiger partial charge in [0.1, 0.15) is 28.4 Å². The van der Waals surface area contributed by atoms with E-state index in [1.165, 1.54) is 33.3 Å². The molecule has 0 aliphatic rings. The molecule has 1 heterocycles. The van der Waals surface area contributed by atoms with Crippen LogP contribution in [0, 0.1) is 6.92 Å². The van der Waals surface area contributed by atoms with E-state index >= 15 is 0 Å². The maximum Gasteiger partial charge on any atom is 0.342 e. The van der Waals surface area contributed by atoms with E-state index in [2.05, 4.69) is 5.32 Å². The molecule has 2 aromatic rings.